The first-order valence-corrected chi connectivity index (χ1v) is 6.76. The van der Waals surface area contributed by atoms with Gasteiger partial charge in [-0.1, -0.05) is 12.1 Å². The van der Waals surface area contributed by atoms with Gasteiger partial charge in [0.15, 0.2) is 0 Å². The third kappa shape index (κ3) is 3.47. The lowest BCUT2D eigenvalue weighted by molar-refractivity contribution is 0.0328. The molecule has 3 heteroatoms. The van der Waals surface area contributed by atoms with Crippen molar-refractivity contribution in [3.8, 4) is 0 Å². The minimum absolute atomic E-state index is 0.437. The second-order valence-electron chi connectivity index (χ2n) is 5.34. The summed E-state index contributed by atoms with van der Waals surface area (Å²) in [5.74, 6) is 0. The Morgan fingerprint density at radius 1 is 1.39 bits per heavy atom. The summed E-state index contributed by atoms with van der Waals surface area (Å²) >= 11 is 0. The van der Waals surface area contributed by atoms with E-state index in [-0.39, 0.29) is 0 Å². The average molecular weight is 248 g/mol. The van der Waals surface area contributed by atoms with Crippen LogP contribution in [-0.2, 0) is 11.3 Å². The first-order valence-electron chi connectivity index (χ1n) is 6.76. The Kier molecular flexibility index (Phi) is 4.61. The van der Waals surface area contributed by atoms with Gasteiger partial charge in [0, 0.05) is 25.4 Å². The van der Waals surface area contributed by atoms with Gasteiger partial charge < -0.3 is 10.5 Å². The maximum Gasteiger partial charge on any atom is 0.0586 e. The standard InChI is InChI=1S/C15H24N2O/c1-17(11-12-5-3-6-13(16)9-12)14-7-4-8-15(10-14)18-2/h3,5-6,9,14-15H,4,7-8,10-11,16H2,1-2H3. The molecule has 0 heterocycles. The van der Waals surface area contributed by atoms with Gasteiger partial charge in [0.25, 0.3) is 0 Å². The van der Waals surface area contributed by atoms with Gasteiger partial charge in [-0.25, -0.2) is 0 Å². The van der Waals surface area contributed by atoms with Gasteiger partial charge in [-0.15, -0.1) is 0 Å². The Labute approximate surface area is 110 Å². The number of nitrogens with zero attached hydrogens (tertiary/aromatic N) is 1. The summed E-state index contributed by atoms with van der Waals surface area (Å²) < 4.78 is 5.49. The van der Waals surface area contributed by atoms with E-state index in [9.17, 15) is 0 Å². The second kappa shape index (κ2) is 6.21. The molecule has 2 atom stereocenters. The monoisotopic (exact) mass is 248 g/mol. The third-order valence-corrected chi connectivity index (χ3v) is 3.94. The number of nitrogens with two attached hydrogens (primary N) is 1. The van der Waals surface area contributed by atoms with Crippen LogP contribution in [0, 0.1) is 0 Å². The van der Waals surface area contributed by atoms with Crippen molar-refractivity contribution in [2.45, 2.75) is 44.4 Å². The molecule has 1 saturated carbocycles. The molecular weight excluding hydrogens is 224 g/mol. The first-order chi connectivity index (χ1) is 8.69. The molecule has 2 rings (SSSR count). The number of anilines is 1. The van der Waals surface area contributed by atoms with Crippen LogP contribution < -0.4 is 5.73 Å². The number of nitrogen functional groups attached to an aromatic ring is 1. The van der Waals surface area contributed by atoms with E-state index in [0.29, 0.717) is 12.1 Å². The van der Waals surface area contributed by atoms with Crippen molar-refractivity contribution in [3.05, 3.63) is 29.8 Å². The number of hydrogen-bond acceptors (Lipinski definition) is 3. The summed E-state index contributed by atoms with van der Waals surface area (Å²) in [6.45, 7) is 0.964. The Morgan fingerprint density at radius 3 is 2.94 bits per heavy atom. The maximum atomic E-state index is 5.82. The van der Waals surface area contributed by atoms with E-state index in [0.717, 1.165) is 18.7 Å². The van der Waals surface area contributed by atoms with Crippen LogP contribution in [0.25, 0.3) is 0 Å². The fourth-order valence-electron chi connectivity index (χ4n) is 2.84. The fraction of sp³-hybridized carbons (Fsp3) is 0.600. The van der Waals surface area contributed by atoms with Gasteiger partial charge in [-0.2, -0.15) is 0 Å². The summed E-state index contributed by atoms with van der Waals surface area (Å²) in [5, 5.41) is 0. The summed E-state index contributed by atoms with van der Waals surface area (Å²) in [4.78, 5) is 2.43. The van der Waals surface area contributed by atoms with Crippen molar-refractivity contribution >= 4 is 5.69 Å². The van der Waals surface area contributed by atoms with Crippen LogP contribution in [0.4, 0.5) is 5.69 Å². The first kappa shape index (κ1) is 13.4. The second-order valence-corrected chi connectivity index (χ2v) is 5.34. The van der Waals surface area contributed by atoms with Gasteiger partial charge in [0.1, 0.15) is 0 Å². The molecule has 0 amide bonds. The highest BCUT2D eigenvalue weighted by atomic mass is 16.5. The molecule has 2 N–H and O–H groups in total. The van der Waals surface area contributed by atoms with Crippen LogP contribution >= 0.6 is 0 Å². The van der Waals surface area contributed by atoms with E-state index in [4.69, 9.17) is 10.5 Å². The SMILES string of the molecule is COC1CCCC(N(C)Cc2cccc(N)c2)C1. The largest absolute Gasteiger partial charge is 0.399 e. The smallest absolute Gasteiger partial charge is 0.0586 e. The van der Waals surface area contributed by atoms with Gasteiger partial charge in [0.05, 0.1) is 6.10 Å². The highest BCUT2D eigenvalue weighted by Crippen LogP contribution is 2.25. The quantitative estimate of drug-likeness (QED) is 0.833. The lowest BCUT2D eigenvalue weighted by atomic mass is 9.91. The Bertz CT molecular complexity index is 381. The van der Waals surface area contributed by atoms with E-state index < -0.39 is 0 Å². The molecule has 0 spiro atoms. The van der Waals surface area contributed by atoms with Gasteiger partial charge in [0.2, 0.25) is 0 Å². The fourth-order valence-corrected chi connectivity index (χ4v) is 2.84. The molecule has 100 valence electrons. The van der Waals surface area contributed by atoms with Crippen molar-refractivity contribution in [3.63, 3.8) is 0 Å². The molecule has 1 aliphatic rings. The van der Waals surface area contributed by atoms with E-state index in [1.807, 2.05) is 19.2 Å². The molecule has 1 aromatic carbocycles. The molecular formula is C15H24N2O. The summed E-state index contributed by atoms with van der Waals surface area (Å²) in [6, 6.07) is 8.80. The minimum Gasteiger partial charge on any atom is -0.399 e. The number of ether oxygens (including phenoxy) is 1. The Hall–Kier alpha value is -1.06. The van der Waals surface area contributed by atoms with Crippen molar-refractivity contribution < 1.29 is 4.74 Å². The van der Waals surface area contributed by atoms with Gasteiger partial charge in [-0.3, -0.25) is 4.90 Å². The molecule has 1 fully saturated rings. The average Bonchev–Trinajstić information content (AvgIpc) is 2.39. The molecule has 0 bridgehead atoms. The zero-order valence-corrected chi connectivity index (χ0v) is 11.4. The van der Waals surface area contributed by atoms with Crippen LogP contribution in [0.5, 0.6) is 0 Å². The molecule has 18 heavy (non-hydrogen) atoms. The highest BCUT2D eigenvalue weighted by molar-refractivity contribution is 5.40. The zero-order chi connectivity index (χ0) is 13.0. The van der Waals surface area contributed by atoms with E-state index in [2.05, 4.69) is 24.1 Å². The predicted octanol–water partition coefficient (Wildman–Crippen LogP) is 2.66. The molecule has 3 nitrogen and oxygen atoms in total. The summed E-state index contributed by atoms with van der Waals surface area (Å²) in [6.07, 6.45) is 5.34. The van der Waals surface area contributed by atoms with Gasteiger partial charge >= 0.3 is 0 Å². The van der Waals surface area contributed by atoms with Crippen molar-refractivity contribution in [1.82, 2.24) is 4.90 Å². The lowest BCUT2D eigenvalue weighted by Gasteiger charge is -2.34. The van der Waals surface area contributed by atoms with Crippen LogP contribution in [0.3, 0.4) is 0 Å². The van der Waals surface area contributed by atoms with Crippen LogP contribution in [0.15, 0.2) is 24.3 Å². The topological polar surface area (TPSA) is 38.5 Å². The summed E-state index contributed by atoms with van der Waals surface area (Å²) in [5.41, 5.74) is 7.95. The molecule has 1 aliphatic carbocycles. The van der Waals surface area contributed by atoms with Crippen LogP contribution in [-0.4, -0.2) is 31.2 Å². The van der Waals surface area contributed by atoms with E-state index in [1.165, 1.54) is 24.8 Å². The summed E-state index contributed by atoms with van der Waals surface area (Å²) in [7, 11) is 4.02. The normalized spacial score (nSPS) is 24.4. The Morgan fingerprint density at radius 2 is 2.22 bits per heavy atom. The molecule has 0 radical (unpaired) electrons. The van der Waals surface area contributed by atoms with Gasteiger partial charge in [-0.05, 0) is 50.4 Å². The third-order valence-electron chi connectivity index (χ3n) is 3.94. The molecule has 2 unspecified atom stereocenters. The number of methoxy groups -OCH3 is 1. The lowest BCUT2D eigenvalue weighted by Crippen LogP contribution is -2.37. The molecule has 0 aromatic heterocycles. The maximum absolute atomic E-state index is 5.82. The number of hydrogen-bond donors (Lipinski definition) is 1. The zero-order valence-electron chi connectivity index (χ0n) is 11.4. The minimum atomic E-state index is 0.437. The Balaban J connectivity index is 1.93. The van der Waals surface area contributed by atoms with Crippen LogP contribution in [0.1, 0.15) is 31.2 Å². The predicted molar refractivity (Wildman–Crippen MR) is 75.4 cm³/mol. The van der Waals surface area contributed by atoms with Crippen molar-refractivity contribution in [2.75, 3.05) is 19.9 Å². The van der Waals surface area contributed by atoms with E-state index >= 15 is 0 Å². The number of benzene rings is 1. The molecule has 0 aliphatic heterocycles. The van der Waals surface area contributed by atoms with Crippen molar-refractivity contribution in [1.29, 1.82) is 0 Å². The van der Waals surface area contributed by atoms with Crippen molar-refractivity contribution in [2.24, 2.45) is 0 Å². The molecule has 1 aromatic rings. The van der Waals surface area contributed by atoms with E-state index in [1.54, 1.807) is 0 Å². The highest BCUT2D eigenvalue weighted by Gasteiger charge is 2.24. The molecule has 0 saturated heterocycles. The van der Waals surface area contributed by atoms with Crippen LogP contribution in [0.2, 0.25) is 0 Å². The number of rotatable bonds is 4.